The highest BCUT2D eigenvalue weighted by Gasteiger charge is 2.26. The molecule has 0 fully saturated rings. The number of nitrogens with one attached hydrogen (secondary N) is 1. The predicted octanol–water partition coefficient (Wildman–Crippen LogP) is 3.23. The van der Waals surface area contributed by atoms with Gasteiger partial charge in [0, 0.05) is 10.3 Å². The Morgan fingerprint density at radius 3 is 2.83 bits per heavy atom. The van der Waals surface area contributed by atoms with Crippen molar-refractivity contribution in [3.05, 3.63) is 32.6 Å². The van der Waals surface area contributed by atoms with Gasteiger partial charge >= 0.3 is 5.97 Å². The van der Waals surface area contributed by atoms with Crippen LogP contribution in [0.3, 0.4) is 0 Å². The number of sulfone groups is 1. The molecule has 2 aromatic rings. The molecule has 0 atom stereocenters. The third-order valence-electron chi connectivity index (χ3n) is 2.85. The molecule has 2 rings (SSSR count). The molecule has 0 bridgehead atoms. The van der Waals surface area contributed by atoms with Gasteiger partial charge in [-0.1, -0.05) is 13.0 Å². The van der Waals surface area contributed by atoms with Crippen LogP contribution < -0.4 is 5.43 Å². The van der Waals surface area contributed by atoms with E-state index in [2.05, 4.69) is 10.5 Å². The Kier molecular flexibility index (Phi) is 5.91. The van der Waals surface area contributed by atoms with Crippen LogP contribution >= 0.6 is 22.7 Å². The Labute approximate surface area is 142 Å². The van der Waals surface area contributed by atoms with Crippen molar-refractivity contribution in [2.75, 3.05) is 18.3 Å². The van der Waals surface area contributed by atoms with Crippen molar-refractivity contribution in [1.82, 2.24) is 0 Å². The normalized spacial score (nSPS) is 11.7. The summed E-state index contributed by atoms with van der Waals surface area (Å²) in [7, 11) is -2.23. The van der Waals surface area contributed by atoms with Crippen LogP contribution in [0.1, 0.15) is 27.9 Å². The summed E-state index contributed by atoms with van der Waals surface area (Å²) in [6, 6.07) is 3.76. The minimum Gasteiger partial charge on any atom is -0.465 e. The van der Waals surface area contributed by atoms with Gasteiger partial charge in [-0.15, -0.1) is 22.7 Å². The maximum atomic E-state index is 12.3. The first-order valence-corrected chi connectivity index (χ1v) is 10.2. The maximum absolute atomic E-state index is 12.3. The number of ether oxygens (including phenoxy) is 1. The first-order chi connectivity index (χ1) is 11.0. The summed E-state index contributed by atoms with van der Waals surface area (Å²) in [4.78, 5) is 13.0. The van der Waals surface area contributed by atoms with Gasteiger partial charge in [0.25, 0.3) is 0 Å². The first-order valence-electron chi connectivity index (χ1n) is 6.74. The number of hydrazone groups is 1. The number of nitrogens with zero attached hydrogens (tertiary/aromatic N) is 1. The molecular formula is C14H16N2O4S3. The number of hydrogen-bond acceptors (Lipinski definition) is 8. The summed E-state index contributed by atoms with van der Waals surface area (Å²) < 4.78 is 29.4. The van der Waals surface area contributed by atoms with E-state index in [1.807, 2.05) is 17.5 Å². The molecule has 2 aromatic heterocycles. The molecule has 0 amide bonds. The lowest BCUT2D eigenvalue weighted by atomic mass is 10.4. The van der Waals surface area contributed by atoms with E-state index in [1.54, 1.807) is 13.1 Å². The van der Waals surface area contributed by atoms with E-state index in [0.717, 1.165) is 16.2 Å². The van der Waals surface area contributed by atoms with Gasteiger partial charge in [-0.3, -0.25) is 5.43 Å². The lowest BCUT2D eigenvalue weighted by Crippen LogP contribution is -2.09. The smallest absolute Gasteiger partial charge is 0.350 e. The monoisotopic (exact) mass is 372 g/mol. The van der Waals surface area contributed by atoms with Gasteiger partial charge in [-0.05, 0) is 17.9 Å². The number of rotatable bonds is 7. The number of carbonyl (C=O) groups is 1. The fourth-order valence-corrected chi connectivity index (χ4v) is 5.22. The van der Waals surface area contributed by atoms with Gasteiger partial charge < -0.3 is 4.74 Å². The third kappa shape index (κ3) is 4.18. The highest BCUT2D eigenvalue weighted by atomic mass is 32.2. The van der Waals surface area contributed by atoms with E-state index in [4.69, 9.17) is 4.74 Å². The number of methoxy groups -OCH3 is 1. The second kappa shape index (κ2) is 7.71. The number of anilines is 1. The highest BCUT2D eigenvalue weighted by Crippen LogP contribution is 2.33. The SMILES string of the molecule is CCCS(=O)(=O)c1csc(C(=O)OC)c1N/N=C\c1cccs1. The summed E-state index contributed by atoms with van der Waals surface area (Å²) in [5.74, 6) is -0.588. The molecule has 0 saturated carbocycles. The molecule has 1 N–H and O–H groups in total. The van der Waals surface area contributed by atoms with Gasteiger partial charge in [-0.2, -0.15) is 5.10 Å². The molecule has 6 nitrogen and oxygen atoms in total. The second-order valence-electron chi connectivity index (χ2n) is 4.50. The quantitative estimate of drug-likeness (QED) is 0.458. The maximum Gasteiger partial charge on any atom is 0.350 e. The van der Waals surface area contributed by atoms with Crippen molar-refractivity contribution in [3.8, 4) is 0 Å². The van der Waals surface area contributed by atoms with Crippen LogP contribution in [-0.2, 0) is 14.6 Å². The van der Waals surface area contributed by atoms with E-state index in [9.17, 15) is 13.2 Å². The van der Waals surface area contributed by atoms with Gasteiger partial charge in [0.2, 0.25) is 0 Å². The molecule has 0 spiro atoms. The molecule has 0 aliphatic carbocycles. The average Bonchev–Trinajstić information content (AvgIpc) is 3.16. The van der Waals surface area contributed by atoms with Crippen LogP contribution in [0.4, 0.5) is 5.69 Å². The first kappa shape index (κ1) is 17.6. The molecule has 2 heterocycles. The van der Waals surface area contributed by atoms with E-state index < -0.39 is 15.8 Å². The van der Waals surface area contributed by atoms with Crippen LogP contribution in [0.2, 0.25) is 0 Å². The van der Waals surface area contributed by atoms with Crippen molar-refractivity contribution in [3.63, 3.8) is 0 Å². The van der Waals surface area contributed by atoms with Gasteiger partial charge in [0.15, 0.2) is 9.84 Å². The molecule has 9 heteroatoms. The van der Waals surface area contributed by atoms with Crippen molar-refractivity contribution >= 4 is 50.4 Å². The second-order valence-corrected chi connectivity index (χ2v) is 8.44. The topological polar surface area (TPSA) is 84.8 Å². The number of esters is 1. The Bertz CT molecular complexity index is 792. The molecule has 0 radical (unpaired) electrons. The highest BCUT2D eigenvalue weighted by molar-refractivity contribution is 7.91. The Morgan fingerprint density at radius 1 is 1.43 bits per heavy atom. The van der Waals surface area contributed by atoms with Crippen molar-refractivity contribution in [2.24, 2.45) is 5.10 Å². The standard InChI is InChI=1S/C14H16N2O4S3/c1-3-7-23(18,19)11-9-22-13(14(17)20-2)12(11)16-15-8-10-5-4-6-21-10/h4-6,8-9,16H,3,7H2,1-2H3/b15-8-. The summed E-state index contributed by atoms with van der Waals surface area (Å²) in [5.41, 5.74) is 2.86. The molecule has 124 valence electrons. The Hall–Kier alpha value is -1.71. The van der Waals surface area contributed by atoms with Crippen LogP contribution in [0.15, 0.2) is 32.9 Å². The summed E-state index contributed by atoms with van der Waals surface area (Å²) in [6.07, 6.45) is 2.06. The molecule has 23 heavy (non-hydrogen) atoms. The molecule has 0 aliphatic rings. The zero-order valence-corrected chi connectivity index (χ0v) is 15.1. The number of carbonyl (C=O) groups excluding carboxylic acids is 1. The van der Waals surface area contributed by atoms with Crippen LogP contribution in [0.5, 0.6) is 0 Å². The number of thiophene rings is 2. The number of hydrogen-bond donors (Lipinski definition) is 1. The summed E-state index contributed by atoms with van der Waals surface area (Å²) in [5, 5.41) is 7.39. The zero-order chi connectivity index (χ0) is 16.9. The van der Waals surface area contributed by atoms with Crippen LogP contribution in [0, 0.1) is 0 Å². The molecule has 0 aliphatic heterocycles. The fraction of sp³-hybridized carbons (Fsp3) is 0.286. The lowest BCUT2D eigenvalue weighted by molar-refractivity contribution is 0.0607. The van der Waals surface area contributed by atoms with E-state index in [-0.39, 0.29) is 21.2 Å². The Balaban J connectivity index is 2.37. The molecule has 0 saturated heterocycles. The predicted molar refractivity (Wildman–Crippen MR) is 93.5 cm³/mol. The lowest BCUT2D eigenvalue weighted by Gasteiger charge is -2.06. The van der Waals surface area contributed by atoms with Crippen molar-refractivity contribution in [2.45, 2.75) is 18.2 Å². The minimum absolute atomic E-state index is 0.00760. The fourth-order valence-electron chi connectivity index (χ4n) is 1.82. The largest absolute Gasteiger partial charge is 0.465 e. The van der Waals surface area contributed by atoms with Crippen LogP contribution in [-0.4, -0.2) is 33.5 Å². The molecule has 0 unspecified atom stereocenters. The molecular weight excluding hydrogens is 356 g/mol. The summed E-state index contributed by atoms with van der Waals surface area (Å²) >= 11 is 2.52. The van der Waals surface area contributed by atoms with Crippen LogP contribution in [0.25, 0.3) is 0 Å². The van der Waals surface area contributed by atoms with E-state index >= 15 is 0 Å². The van der Waals surface area contributed by atoms with E-state index in [1.165, 1.54) is 23.8 Å². The molecule has 0 aromatic carbocycles. The minimum atomic E-state index is -3.48. The van der Waals surface area contributed by atoms with Gasteiger partial charge in [-0.25, -0.2) is 13.2 Å². The zero-order valence-electron chi connectivity index (χ0n) is 12.6. The van der Waals surface area contributed by atoms with Gasteiger partial charge in [0.1, 0.15) is 15.5 Å². The van der Waals surface area contributed by atoms with Crippen molar-refractivity contribution in [1.29, 1.82) is 0 Å². The third-order valence-corrected chi connectivity index (χ3v) is 6.70. The van der Waals surface area contributed by atoms with Gasteiger partial charge in [0.05, 0.1) is 19.1 Å². The summed E-state index contributed by atoms with van der Waals surface area (Å²) in [6.45, 7) is 1.78. The van der Waals surface area contributed by atoms with E-state index in [0.29, 0.717) is 6.42 Å². The Morgan fingerprint density at radius 2 is 2.22 bits per heavy atom. The van der Waals surface area contributed by atoms with Crippen molar-refractivity contribution < 1.29 is 17.9 Å². The average molecular weight is 372 g/mol.